The average Bonchev–Trinajstić information content (AvgIpc) is 2.62. The number of amides is 4. The van der Waals surface area contributed by atoms with Crippen LogP contribution in [0.1, 0.15) is 50.3 Å². The minimum absolute atomic E-state index is 0. The molecule has 4 amide bonds. The maximum atomic E-state index is 12.9. The van der Waals surface area contributed by atoms with Crippen LogP contribution in [-0.4, -0.2) is 34.6 Å². The number of carbonyl (C=O) groups excluding carboxylic acids is 4. The van der Waals surface area contributed by atoms with Gasteiger partial charge >= 0.3 is 0 Å². The van der Waals surface area contributed by atoms with Crippen molar-refractivity contribution in [3.63, 3.8) is 0 Å². The number of nitrogens with two attached hydrogens (primary N) is 1. The smallest absolute Gasteiger partial charge is 0.262 e. The Bertz CT molecular complexity index is 962. The highest BCUT2D eigenvalue weighted by molar-refractivity contribution is 6.27. The molecule has 0 aliphatic carbocycles. The lowest BCUT2D eigenvalue weighted by Crippen LogP contribution is -2.57. The second-order valence-corrected chi connectivity index (χ2v) is 5.92. The van der Waals surface area contributed by atoms with E-state index >= 15 is 0 Å². The molecule has 0 radical (unpaired) electrons. The Morgan fingerprint density at radius 1 is 1.08 bits per heavy atom. The maximum absolute atomic E-state index is 12.9. The fourth-order valence-corrected chi connectivity index (χ4v) is 3.36. The standard InChI is InChI=1S/C17H13N3O4.C2H6.2H2/c18-9-6-8-2-1-3-10-14(8)11(7-9)17(24)20(16(10)23)12-4-5-13(21)19-15(12)22;1-2;;/h1-3,6-7,12H,4-5,18H2,(H,19,21,22);1-2H3;2*1H. The van der Waals surface area contributed by atoms with E-state index in [0.717, 1.165) is 4.90 Å². The predicted molar refractivity (Wildman–Crippen MR) is 101 cm³/mol. The van der Waals surface area contributed by atoms with E-state index in [9.17, 15) is 19.2 Å². The molecule has 2 aliphatic rings. The first-order valence-corrected chi connectivity index (χ1v) is 8.51. The molecule has 2 aromatic carbocycles. The van der Waals surface area contributed by atoms with Crippen molar-refractivity contribution < 1.29 is 22.0 Å². The Hall–Kier alpha value is -3.22. The SMILES string of the molecule is CC.Nc1cc2c3c(cccc3c1)C(=O)N(C1CCC(=O)NC1=O)C2=O.[HH].[HH]. The lowest BCUT2D eigenvalue weighted by molar-refractivity contribution is -0.136. The number of nitrogens with zero attached hydrogens (tertiary/aromatic N) is 1. The summed E-state index contributed by atoms with van der Waals surface area (Å²) in [6.45, 7) is 4.00. The first kappa shape index (κ1) is 17.6. The van der Waals surface area contributed by atoms with Crippen molar-refractivity contribution in [2.75, 3.05) is 5.73 Å². The minimum atomic E-state index is -0.993. The minimum Gasteiger partial charge on any atom is -0.399 e. The van der Waals surface area contributed by atoms with Crippen molar-refractivity contribution in [1.29, 1.82) is 0 Å². The van der Waals surface area contributed by atoms with Crippen LogP contribution in [0, 0.1) is 0 Å². The number of imide groups is 2. The number of nitrogen functional groups attached to an aromatic ring is 1. The van der Waals surface area contributed by atoms with E-state index in [1.165, 1.54) is 6.07 Å². The first-order valence-electron chi connectivity index (χ1n) is 8.51. The molecule has 138 valence electrons. The van der Waals surface area contributed by atoms with Crippen LogP contribution in [0.15, 0.2) is 30.3 Å². The number of benzene rings is 2. The monoisotopic (exact) mass is 357 g/mol. The summed E-state index contributed by atoms with van der Waals surface area (Å²) >= 11 is 0. The van der Waals surface area contributed by atoms with Crippen molar-refractivity contribution >= 4 is 40.1 Å². The van der Waals surface area contributed by atoms with Crippen molar-refractivity contribution in [1.82, 2.24) is 10.2 Å². The summed E-state index contributed by atoms with van der Waals surface area (Å²) in [7, 11) is 0. The summed E-state index contributed by atoms with van der Waals surface area (Å²) in [4.78, 5) is 50.1. The van der Waals surface area contributed by atoms with Crippen molar-refractivity contribution in [2.24, 2.45) is 0 Å². The number of rotatable bonds is 1. The highest BCUT2D eigenvalue weighted by atomic mass is 16.2. The first-order chi connectivity index (χ1) is 12.5. The second-order valence-electron chi connectivity index (χ2n) is 5.92. The van der Waals surface area contributed by atoms with E-state index in [1.54, 1.807) is 24.3 Å². The van der Waals surface area contributed by atoms with E-state index in [0.29, 0.717) is 27.6 Å². The van der Waals surface area contributed by atoms with Crippen LogP contribution in [0.3, 0.4) is 0 Å². The zero-order chi connectivity index (χ0) is 19.0. The molecular weight excluding hydrogens is 334 g/mol. The molecule has 0 spiro atoms. The second kappa shape index (κ2) is 6.59. The number of anilines is 1. The molecular formula is C19H23N3O4. The molecule has 2 aliphatic heterocycles. The fraction of sp³-hybridized carbons (Fsp3) is 0.263. The zero-order valence-electron chi connectivity index (χ0n) is 14.5. The van der Waals surface area contributed by atoms with Gasteiger partial charge in [0.05, 0.1) is 5.56 Å². The lowest BCUT2D eigenvalue weighted by Gasteiger charge is -2.34. The summed E-state index contributed by atoms with van der Waals surface area (Å²) in [5.74, 6) is -2.13. The van der Waals surface area contributed by atoms with Crippen LogP contribution >= 0.6 is 0 Å². The molecule has 2 heterocycles. The summed E-state index contributed by atoms with van der Waals surface area (Å²) < 4.78 is 0. The Morgan fingerprint density at radius 2 is 1.77 bits per heavy atom. The molecule has 1 atom stereocenters. The normalized spacial score (nSPS) is 19.2. The van der Waals surface area contributed by atoms with Gasteiger partial charge in [0.15, 0.2) is 0 Å². The molecule has 0 saturated carbocycles. The molecule has 1 saturated heterocycles. The number of hydrogen-bond acceptors (Lipinski definition) is 5. The zero-order valence-corrected chi connectivity index (χ0v) is 14.5. The molecule has 0 aromatic heterocycles. The van der Waals surface area contributed by atoms with Gasteiger partial charge in [0, 0.05) is 25.9 Å². The molecule has 26 heavy (non-hydrogen) atoms. The van der Waals surface area contributed by atoms with Crippen LogP contribution in [0.4, 0.5) is 5.69 Å². The van der Waals surface area contributed by atoms with Gasteiger partial charge in [-0.1, -0.05) is 26.0 Å². The third-order valence-corrected chi connectivity index (χ3v) is 4.42. The van der Waals surface area contributed by atoms with Crippen LogP contribution in [-0.2, 0) is 9.59 Å². The Balaban J connectivity index is 0.000000950. The number of hydrogen-bond donors (Lipinski definition) is 2. The summed E-state index contributed by atoms with van der Waals surface area (Å²) in [6, 6.07) is 7.32. The highest BCUT2D eigenvalue weighted by Gasteiger charge is 2.42. The topological polar surface area (TPSA) is 110 Å². The van der Waals surface area contributed by atoms with Crippen molar-refractivity contribution in [3.8, 4) is 0 Å². The number of nitrogens with one attached hydrogen (secondary N) is 1. The Labute approximate surface area is 153 Å². The van der Waals surface area contributed by atoms with Gasteiger partial charge in [-0.25, -0.2) is 0 Å². The fourth-order valence-electron chi connectivity index (χ4n) is 3.36. The maximum Gasteiger partial charge on any atom is 0.262 e. The van der Waals surface area contributed by atoms with E-state index in [4.69, 9.17) is 5.73 Å². The van der Waals surface area contributed by atoms with Gasteiger partial charge in [0.25, 0.3) is 11.8 Å². The largest absolute Gasteiger partial charge is 0.399 e. The summed E-state index contributed by atoms with van der Waals surface area (Å²) in [6.07, 6.45) is 0.206. The van der Waals surface area contributed by atoms with Crippen molar-refractivity contribution in [2.45, 2.75) is 32.7 Å². The summed E-state index contributed by atoms with van der Waals surface area (Å²) in [5.41, 5.74) is 6.91. The molecule has 7 heteroatoms. The van der Waals surface area contributed by atoms with E-state index in [1.807, 2.05) is 13.8 Å². The quantitative estimate of drug-likeness (QED) is 0.601. The van der Waals surface area contributed by atoms with Gasteiger partial charge in [-0.2, -0.15) is 0 Å². The van der Waals surface area contributed by atoms with Crippen LogP contribution < -0.4 is 11.1 Å². The van der Waals surface area contributed by atoms with Crippen LogP contribution in [0.2, 0.25) is 0 Å². The number of piperidine rings is 1. The van der Waals surface area contributed by atoms with Gasteiger partial charge in [0.2, 0.25) is 11.8 Å². The van der Waals surface area contributed by atoms with Gasteiger partial charge in [0.1, 0.15) is 6.04 Å². The molecule has 0 bridgehead atoms. The van der Waals surface area contributed by atoms with Gasteiger partial charge in [-0.15, -0.1) is 0 Å². The van der Waals surface area contributed by atoms with Gasteiger partial charge in [-0.3, -0.25) is 29.4 Å². The predicted octanol–water partition coefficient (Wildman–Crippen LogP) is 2.34. The molecule has 2 aromatic rings. The van der Waals surface area contributed by atoms with Crippen molar-refractivity contribution in [3.05, 3.63) is 41.5 Å². The number of carbonyl (C=O) groups is 4. The molecule has 7 nitrogen and oxygen atoms in total. The molecule has 1 fully saturated rings. The third kappa shape index (κ3) is 2.61. The van der Waals surface area contributed by atoms with E-state index in [-0.39, 0.29) is 15.7 Å². The highest BCUT2D eigenvalue weighted by Crippen LogP contribution is 2.33. The van der Waals surface area contributed by atoms with Crippen LogP contribution in [0.5, 0.6) is 0 Å². The van der Waals surface area contributed by atoms with Crippen LogP contribution in [0.25, 0.3) is 10.8 Å². The van der Waals surface area contributed by atoms with E-state index < -0.39 is 29.7 Å². The van der Waals surface area contributed by atoms with Gasteiger partial charge in [-0.05, 0) is 30.0 Å². The Morgan fingerprint density at radius 3 is 2.46 bits per heavy atom. The molecule has 1 unspecified atom stereocenters. The van der Waals surface area contributed by atoms with Gasteiger partial charge < -0.3 is 5.73 Å². The average molecular weight is 357 g/mol. The lowest BCUT2D eigenvalue weighted by atomic mass is 9.91. The summed E-state index contributed by atoms with van der Waals surface area (Å²) in [5, 5.41) is 3.43. The molecule has 4 rings (SSSR count). The molecule has 3 N–H and O–H groups in total. The third-order valence-electron chi connectivity index (χ3n) is 4.42. The Kier molecular flexibility index (Phi) is 4.46. The van der Waals surface area contributed by atoms with E-state index in [2.05, 4.69) is 5.32 Å².